The van der Waals surface area contributed by atoms with E-state index < -0.39 is 0 Å². The molecular weight excluding hydrogens is 200 g/mol. The molecule has 2 atom stereocenters. The van der Waals surface area contributed by atoms with E-state index in [0.29, 0.717) is 18.5 Å². The maximum Gasteiger partial charge on any atom is 0.251 e. The van der Waals surface area contributed by atoms with Gasteiger partial charge in [-0.25, -0.2) is 0 Å². The van der Waals surface area contributed by atoms with Gasteiger partial charge in [-0.15, -0.1) is 0 Å². The second kappa shape index (κ2) is 4.66. The van der Waals surface area contributed by atoms with Crippen molar-refractivity contribution in [2.24, 2.45) is 11.7 Å². The van der Waals surface area contributed by atoms with Gasteiger partial charge in [0, 0.05) is 11.6 Å². The molecule has 3 N–H and O–H groups in total. The number of hydrogen-bond acceptors (Lipinski definition) is 2. The highest BCUT2D eigenvalue weighted by atomic mass is 16.1. The highest BCUT2D eigenvalue weighted by Gasteiger charge is 2.33. The third kappa shape index (κ3) is 2.61. The predicted octanol–water partition coefficient (Wildman–Crippen LogP) is 1.33. The van der Waals surface area contributed by atoms with Crippen molar-refractivity contribution < 1.29 is 4.79 Å². The Morgan fingerprint density at radius 1 is 1.44 bits per heavy atom. The monoisotopic (exact) mass is 218 g/mol. The van der Waals surface area contributed by atoms with Gasteiger partial charge in [-0.05, 0) is 43.0 Å². The van der Waals surface area contributed by atoms with E-state index >= 15 is 0 Å². The van der Waals surface area contributed by atoms with Crippen LogP contribution < -0.4 is 11.1 Å². The first-order valence-electron chi connectivity index (χ1n) is 5.80. The molecule has 1 aliphatic carbocycles. The molecule has 1 aromatic carbocycles. The van der Waals surface area contributed by atoms with Crippen LogP contribution in [0.2, 0.25) is 0 Å². The van der Waals surface area contributed by atoms with E-state index in [-0.39, 0.29) is 5.91 Å². The minimum Gasteiger partial charge on any atom is -0.349 e. The molecule has 0 heterocycles. The zero-order valence-electron chi connectivity index (χ0n) is 9.57. The Hall–Kier alpha value is -1.35. The normalized spacial score (nSPS) is 22.9. The van der Waals surface area contributed by atoms with Crippen LogP contribution in [0.5, 0.6) is 0 Å². The zero-order valence-corrected chi connectivity index (χ0v) is 9.57. The second-order valence-corrected chi connectivity index (χ2v) is 4.53. The molecule has 0 aliphatic heterocycles. The third-order valence-electron chi connectivity index (χ3n) is 3.08. The van der Waals surface area contributed by atoms with Crippen molar-refractivity contribution in [3.05, 3.63) is 35.4 Å². The first-order valence-corrected chi connectivity index (χ1v) is 5.80. The van der Waals surface area contributed by atoms with Gasteiger partial charge in [0.1, 0.15) is 0 Å². The zero-order chi connectivity index (χ0) is 11.5. The van der Waals surface area contributed by atoms with Crippen molar-refractivity contribution in [1.29, 1.82) is 0 Å². The minimum absolute atomic E-state index is 0.0358. The lowest BCUT2D eigenvalue weighted by Crippen LogP contribution is -2.26. The van der Waals surface area contributed by atoms with E-state index in [9.17, 15) is 4.79 Å². The molecule has 1 saturated carbocycles. The topological polar surface area (TPSA) is 55.1 Å². The quantitative estimate of drug-likeness (QED) is 0.801. The number of amides is 1. The minimum atomic E-state index is 0.0358. The summed E-state index contributed by atoms with van der Waals surface area (Å²) in [6, 6.07) is 8.06. The van der Waals surface area contributed by atoms with Gasteiger partial charge < -0.3 is 11.1 Å². The lowest BCUT2D eigenvalue weighted by molar-refractivity contribution is 0.0949. The number of nitrogens with two attached hydrogens (primary N) is 1. The van der Waals surface area contributed by atoms with Crippen LogP contribution in [-0.2, 0) is 6.42 Å². The average Bonchev–Trinajstić information content (AvgIpc) is 2.95. The molecular formula is C13H18N2O. The van der Waals surface area contributed by atoms with Gasteiger partial charge in [0.25, 0.3) is 5.91 Å². The maximum atomic E-state index is 11.8. The Bertz CT molecular complexity index is 372. The highest BCUT2D eigenvalue weighted by Crippen LogP contribution is 2.29. The van der Waals surface area contributed by atoms with Crippen molar-refractivity contribution >= 4 is 5.91 Å². The SMILES string of the molecule is CC1CC1NC(=O)c1ccc(CCN)cc1. The van der Waals surface area contributed by atoms with Crippen molar-refractivity contribution in [2.45, 2.75) is 25.8 Å². The Kier molecular flexibility index (Phi) is 3.25. The lowest BCUT2D eigenvalue weighted by Gasteiger charge is -2.04. The predicted molar refractivity (Wildman–Crippen MR) is 64.2 cm³/mol. The molecule has 0 saturated heterocycles. The summed E-state index contributed by atoms with van der Waals surface area (Å²) in [5, 5.41) is 3.01. The van der Waals surface area contributed by atoms with E-state index in [1.807, 2.05) is 24.3 Å². The summed E-state index contributed by atoms with van der Waals surface area (Å²) in [6.45, 7) is 2.79. The second-order valence-electron chi connectivity index (χ2n) is 4.53. The summed E-state index contributed by atoms with van der Waals surface area (Å²) in [5.41, 5.74) is 7.38. The van der Waals surface area contributed by atoms with E-state index in [1.165, 1.54) is 5.56 Å². The fourth-order valence-corrected chi connectivity index (χ4v) is 1.76. The molecule has 1 aliphatic rings. The van der Waals surface area contributed by atoms with Crippen molar-refractivity contribution in [3.8, 4) is 0 Å². The molecule has 0 spiro atoms. The van der Waals surface area contributed by atoms with Crippen molar-refractivity contribution in [2.75, 3.05) is 6.54 Å². The largest absolute Gasteiger partial charge is 0.349 e. The summed E-state index contributed by atoms with van der Waals surface area (Å²) in [7, 11) is 0. The van der Waals surface area contributed by atoms with Crippen LogP contribution in [0.4, 0.5) is 0 Å². The number of nitrogens with one attached hydrogen (secondary N) is 1. The molecule has 1 fully saturated rings. The smallest absolute Gasteiger partial charge is 0.251 e. The Morgan fingerprint density at radius 2 is 2.06 bits per heavy atom. The summed E-state index contributed by atoms with van der Waals surface area (Å²) < 4.78 is 0. The van der Waals surface area contributed by atoms with Crippen LogP contribution >= 0.6 is 0 Å². The van der Waals surface area contributed by atoms with Gasteiger partial charge in [-0.1, -0.05) is 19.1 Å². The molecule has 3 heteroatoms. The van der Waals surface area contributed by atoms with Crippen LogP contribution in [0.25, 0.3) is 0 Å². The van der Waals surface area contributed by atoms with Crippen molar-refractivity contribution in [1.82, 2.24) is 5.32 Å². The van der Waals surface area contributed by atoms with Crippen LogP contribution in [-0.4, -0.2) is 18.5 Å². The van der Waals surface area contributed by atoms with Gasteiger partial charge in [0.05, 0.1) is 0 Å². The van der Waals surface area contributed by atoms with Gasteiger partial charge in [0.2, 0.25) is 0 Å². The van der Waals surface area contributed by atoms with Crippen LogP contribution in [0, 0.1) is 5.92 Å². The molecule has 0 aromatic heterocycles. The van der Waals surface area contributed by atoms with Gasteiger partial charge in [0.15, 0.2) is 0 Å². The van der Waals surface area contributed by atoms with E-state index in [0.717, 1.165) is 18.4 Å². The fourth-order valence-electron chi connectivity index (χ4n) is 1.76. The first kappa shape index (κ1) is 11.1. The number of carbonyl (C=O) groups excluding carboxylic acids is 1. The van der Waals surface area contributed by atoms with Crippen LogP contribution in [0.15, 0.2) is 24.3 Å². The molecule has 1 aromatic rings. The van der Waals surface area contributed by atoms with Crippen LogP contribution in [0.1, 0.15) is 29.3 Å². The average molecular weight is 218 g/mol. The summed E-state index contributed by atoms with van der Waals surface area (Å²) >= 11 is 0. The lowest BCUT2D eigenvalue weighted by atomic mass is 10.1. The standard InChI is InChI=1S/C13H18N2O/c1-9-8-12(9)15-13(16)11-4-2-10(3-5-11)6-7-14/h2-5,9,12H,6-8,14H2,1H3,(H,15,16). The molecule has 2 unspecified atom stereocenters. The Labute approximate surface area is 96.0 Å². The number of rotatable bonds is 4. The van der Waals surface area contributed by atoms with E-state index in [1.54, 1.807) is 0 Å². The molecule has 16 heavy (non-hydrogen) atoms. The highest BCUT2D eigenvalue weighted by molar-refractivity contribution is 5.94. The third-order valence-corrected chi connectivity index (χ3v) is 3.08. The van der Waals surface area contributed by atoms with E-state index in [4.69, 9.17) is 5.73 Å². The fraction of sp³-hybridized carbons (Fsp3) is 0.462. The number of hydrogen-bond donors (Lipinski definition) is 2. The van der Waals surface area contributed by atoms with Gasteiger partial charge in [-0.2, -0.15) is 0 Å². The van der Waals surface area contributed by atoms with Crippen LogP contribution in [0.3, 0.4) is 0 Å². The summed E-state index contributed by atoms with van der Waals surface area (Å²) in [6.07, 6.45) is 1.97. The van der Waals surface area contributed by atoms with Gasteiger partial charge in [-0.3, -0.25) is 4.79 Å². The van der Waals surface area contributed by atoms with E-state index in [2.05, 4.69) is 12.2 Å². The first-order chi connectivity index (χ1) is 7.70. The molecule has 0 bridgehead atoms. The summed E-state index contributed by atoms with van der Waals surface area (Å²) in [4.78, 5) is 11.8. The Morgan fingerprint density at radius 3 is 2.56 bits per heavy atom. The van der Waals surface area contributed by atoms with Crippen molar-refractivity contribution in [3.63, 3.8) is 0 Å². The molecule has 2 rings (SSSR count). The molecule has 3 nitrogen and oxygen atoms in total. The Balaban J connectivity index is 1.95. The summed E-state index contributed by atoms with van der Waals surface area (Å²) in [5.74, 6) is 0.675. The molecule has 1 amide bonds. The molecule has 0 radical (unpaired) electrons. The maximum absolute atomic E-state index is 11.8. The number of carbonyl (C=O) groups is 1. The van der Waals surface area contributed by atoms with Gasteiger partial charge >= 0.3 is 0 Å². The number of benzene rings is 1. The molecule has 86 valence electrons.